The minimum Gasteiger partial charge on any atom is -0.496 e. The van der Waals surface area contributed by atoms with Crippen LogP contribution in [0.4, 0.5) is 4.39 Å². The van der Waals surface area contributed by atoms with E-state index in [9.17, 15) is 9.18 Å². The molecule has 1 aromatic rings. The highest BCUT2D eigenvalue weighted by Gasteiger charge is 2.37. The van der Waals surface area contributed by atoms with Gasteiger partial charge < -0.3 is 9.84 Å². The fraction of sp³-hybridized carbons (Fsp3) is 0.533. The van der Waals surface area contributed by atoms with Gasteiger partial charge in [-0.3, -0.25) is 4.79 Å². The predicted octanol–water partition coefficient (Wildman–Crippen LogP) is 3.69. The number of aliphatic carboxylic acids is 1. The average molecular weight is 266 g/mol. The highest BCUT2D eigenvalue weighted by atomic mass is 19.1. The van der Waals surface area contributed by atoms with E-state index in [0.29, 0.717) is 17.2 Å². The lowest BCUT2D eigenvalue weighted by Crippen LogP contribution is -2.12. The van der Waals surface area contributed by atoms with Gasteiger partial charge in [-0.25, -0.2) is 4.39 Å². The van der Waals surface area contributed by atoms with Crippen LogP contribution in [0.15, 0.2) is 18.2 Å². The third kappa shape index (κ3) is 3.06. The summed E-state index contributed by atoms with van der Waals surface area (Å²) in [4.78, 5) is 11.1. The van der Waals surface area contributed by atoms with Crippen LogP contribution < -0.4 is 4.74 Å². The number of halogens is 1. The molecule has 104 valence electrons. The minimum absolute atomic E-state index is 0.0325. The van der Waals surface area contributed by atoms with Gasteiger partial charge in [0.25, 0.3) is 0 Å². The number of hydrogen-bond donors (Lipinski definition) is 1. The Balaban J connectivity index is 2.46. The molecule has 0 aliphatic heterocycles. The minimum atomic E-state index is -1.12. The van der Waals surface area contributed by atoms with E-state index < -0.39 is 12.1 Å². The van der Waals surface area contributed by atoms with Crippen molar-refractivity contribution in [3.05, 3.63) is 29.3 Å². The second-order valence-corrected chi connectivity index (χ2v) is 5.12. The molecule has 19 heavy (non-hydrogen) atoms. The summed E-state index contributed by atoms with van der Waals surface area (Å²) in [6, 6.07) is 5.25. The molecular formula is C15H19FO3. The van der Waals surface area contributed by atoms with Gasteiger partial charge in [-0.05, 0) is 37.3 Å². The van der Waals surface area contributed by atoms with E-state index in [2.05, 4.69) is 0 Å². The maximum Gasteiger partial charge on any atom is 0.303 e. The Morgan fingerprint density at radius 2 is 2.21 bits per heavy atom. The maximum absolute atomic E-state index is 13.8. The van der Waals surface area contributed by atoms with Crippen LogP contribution in [-0.2, 0) is 4.79 Å². The summed E-state index contributed by atoms with van der Waals surface area (Å²) >= 11 is 0. The first kappa shape index (κ1) is 13.8. The third-order valence-corrected chi connectivity index (χ3v) is 3.70. The van der Waals surface area contributed by atoms with E-state index in [1.165, 1.54) is 14.0 Å². The van der Waals surface area contributed by atoms with Crippen LogP contribution in [0.25, 0.3) is 0 Å². The SMILES string of the molecule is COc1cccc(C(C)F)c1C(CC(=O)O)C1CC1. The Bertz CT molecular complexity index is 466. The molecule has 0 heterocycles. The molecule has 0 saturated heterocycles. The normalized spacial score (nSPS) is 17.8. The zero-order valence-electron chi connectivity index (χ0n) is 11.2. The topological polar surface area (TPSA) is 46.5 Å². The molecule has 1 fully saturated rings. The van der Waals surface area contributed by atoms with Crippen molar-refractivity contribution in [2.24, 2.45) is 5.92 Å². The summed E-state index contributed by atoms with van der Waals surface area (Å²) < 4.78 is 19.1. The van der Waals surface area contributed by atoms with E-state index in [1.54, 1.807) is 18.2 Å². The first-order valence-corrected chi connectivity index (χ1v) is 6.57. The first-order valence-electron chi connectivity index (χ1n) is 6.57. The Kier molecular flexibility index (Phi) is 4.08. The zero-order valence-corrected chi connectivity index (χ0v) is 11.2. The summed E-state index contributed by atoms with van der Waals surface area (Å²) in [6.45, 7) is 1.48. The molecule has 0 bridgehead atoms. The molecule has 2 unspecified atom stereocenters. The lowest BCUT2D eigenvalue weighted by molar-refractivity contribution is -0.137. The van der Waals surface area contributed by atoms with Crippen LogP contribution in [0.5, 0.6) is 5.75 Å². The molecule has 0 spiro atoms. The smallest absolute Gasteiger partial charge is 0.303 e. The quantitative estimate of drug-likeness (QED) is 0.854. The van der Waals surface area contributed by atoms with E-state index in [-0.39, 0.29) is 12.3 Å². The molecule has 1 aliphatic rings. The van der Waals surface area contributed by atoms with Crippen LogP contribution in [0.3, 0.4) is 0 Å². The number of ether oxygens (including phenoxy) is 1. The van der Waals surface area contributed by atoms with Crippen LogP contribution in [0.2, 0.25) is 0 Å². The fourth-order valence-electron chi connectivity index (χ4n) is 2.67. The molecule has 1 N–H and O–H groups in total. The van der Waals surface area contributed by atoms with Crippen molar-refractivity contribution in [1.29, 1.82) is 0 Å². The van der Waals surface area contributed by atoms with Crippen molar-refractivity contribution in [2.45, 2.75) is 38.3 Å². The van der Waals surface area contributed by atoms with Crippen molar-refractivity contribution in [3.63, 3.8) is 0 Å². The average Bonchev–Trinajstić information content (AvgIpc) is 3.19. The number of alkyl halides is 1. The van der Waals surface area contributed by atoms with Crippen molar-refractivity contribution in [2.75, 3.05) is 7.11 Å². The van der Waals surface area contributed by atoms with Crippen molar-refractivity contribution < 1.29 is 19.0 Å². The number of benzene rings is 1. The van der Waals surface area contributed by atoms with Crippen LogP contribution in [0.1, 0.15) is 49.4 Å². The van der Waals surface area contributed by atoms with E-state index >= 15 is 0 Å². The van der Waals surface area contributed by atoms with Gasteiger partial charge in [-0.15, -0.1) is 0 Å². The van der Waals surface area contributed by atoms with Gasteiger partial charge in [0.1, 0.15) is 11.9 Å². The van der Waals surface area contributed by atoms with Gasteiger partial charge >= 0.3 is 5.97 Å². The van der Waals surface area contributed by atoms with E-state index in [4.69, 9.17) is 9.84 Å². The molecule has 1 saturated carbocycles. The fourth-order valence-corrected chi connectivity index (χ4v) is 2.67. The molecule has 0 aromatic heterocycles. The van der Waals surface area contributed by atoms with Gasteiger partial charge in [0.15, 0.2) is 0 Å². The van der Waals surface area contributed by atoms with Gasteiger partial charge in [-0.2, -0.15) is 0 Å². The predicted molar refractivity (Wildman–Crippen MR) is 70.2 cm³/mol. The number of carboxylic acids is 1. The van der Waals surface area contributed by atoms with E-state index in [0.717, 1.165) is 18.4 Å². The van der Waals surface area contributed by atoms with Gasteiger partial charge in [0.2, 0.25) is 0 Å². The second-order valence-electron chi connectivity index (χ2n) is 5.12. The zero-order chi connectivity index (χ0) is 14.0. The standard InChI is InChI=1S/C15H19FO3/c1-9(16)11-4-3-5-13(19-2)15(11)12(8-14(17)18)10-6-7-10/h3-5,9-10,12H,6-8H2,1-2H3,(H,17,18). The Hall–Kier alpha value is -1.58. The molecule has 1 aromatic carbocycles. The number of rotatable bonds is 6. The molecule has 1 aliphatic carbocycles. The summed E-state index contributed by atoms with van der Waals surface area (Å²) in [5.41, 5.74) is 1.29. The Morgan fingerprint density at radius 1 is 1.53 bits per heavy atom. The molecule has 2 rings (SSSR count). The second kappa shape index (κ2) is 5.59. The van der Waals surface area contributed by atoms with Crippen molar-refractivity contribution >= 4 is 5.97 Å². The van der Waals surface area contributed by atoms with Crippen LogP contribution in [0, 0.1) is 5.92 Å². The molecule has 4 heteroatoms. The summed E-state index contributed by atoms with van der Waals surface area (Å²) in [7, 11) is 1.54. The largest absolute Gasteiger partial charge is 0.496 e. The molecule has 0 amide bonds. The molecule has 3 nitrogen and oxygen atoms in total. The molecular weight excluding hydrogens is 247 g/mol. The van der Waals surface area contributed by atoms with Crippen LogP contribution >= 0.6 is 0 Å². The lowest BCUT2D eigenvalue weighted by atomic mass is 9.85. The molecule has 2 atom stereocenters. The van der Waals surface area contributed by atoms with Crippen molar-refractivity contribution in [3.8, 4) is 5.75 Å². The third-order valence-electron chi connectivity index (χ3n) is 3.70. The lowest BCUT2D eigenvalue weighted by Gasteiger charge is -2.22. The summed E-state index contributed by atoms with van der Waals surface area (Å²) in [5, 5.41) is 9.08. The Labute approximate surface area is 112 Å². The van der Waals surface area contributed by atoms with E-state index in [1.807, 2.05) is 0 Å². The number of methoxy groups -OCH3 is 1. The number of hydrogen-bond acceptors (Lipinski definition) is 2. The summed E-state index contributed by atoms with van der Waals surface area (Å²) in [5.74, 6) is -0.0628. The highest BCUT2D eigenvalue weighted by molar-refractivity contribution is 5.69. The van der Waals surface area contributed by atoms with Crippen LogP contribution in [-0.4, -0.2) is 18.2 Å². The highest BCUT2D eigenvalue weighted by Crippen LogP contribution is 2.49. The van der Waals surface area contributed by atoms with Crippen molar-refractivity contribution in [1.82, 2.24) is 0 Å². The maximum atomic E-state index is 13.8. The van der Waals surface area contributed by atoms with Gasteiger partial charge in [0.05, 0.1) is 13.5 Å². The monoisotopic (exact) mass is 266 g/mol. The summed E-state index contributed by atoms with van der Waals surface area (Å²) in [6.07, 6.45) is 0.928. The van der Waals surface area contributed by atoms with Gasteiger partial charge in [-0.1, -0.05) is 12.1 Å². The van der Waals surface area contributed by atoms with Gasteiger partial charge in [0, 0.05) is 11.5 Å². The number of carboxylic acid groups (broad SMARTS) is 1. The first-order chi connectivity index (χ1) is 9.04. The molecule has 0 radical (unpaired) electrons. The Morgan fingerprint density at radius 3 is 2.68 bits per heavy atom. The number of carbonyl (C=O) groups is 1.